The van der Waals surface area contributed by atoms with Gasteiger partial charge in [0.2, 0.25) is 0 Å². The maximum atomic E-state index is 13.2. The van der Waals surface area contributed by atoms with Crippen molar-refractivity contribution >= 4 is 17.5 Å². The first kappa shape index (κ1) is 20.9. The van der Waals surface area contributed by atoms with Gasteiger partial charge >= 0.3 is 0 Å². The van der Waals surface area contributed by atoms with Gasteiger partial charge in [-0.3, -0.25) is 9.59 Å². The summed E-state index contributed by atoms with van der Waals surface area (Å²) < 4.78 is 1.49. The SMILES string of the molecule is Cc1cccc(C)c1NC(=O)[C@H](NC(=O)c1ccc(-n2cnnn2)cc1)c1ccccc1. The number of hydrogen-bond acceptors (Lipinski definition) is 5. The number of nitrogens with one attached hydrogen (secondary N) is 2. The van der Waals surface area contributed by atoms with Gasteiger partial charge in [-0.2, -0.15) is 0 Å². The zero-order valence-electron chi connectivity index (χ0n) is 17.7. The number of tetrazole rings is 1. The maximum absolute atomic E-state index is 13.2. The highest BCUT2D eigenvalue weighted by molar-refractivity contribution is 6.02. The molecule has 1 heterocycles. The summed E-state index contributed by atoms with van der Waals surface area (Å²) in [6, 6.07) is 20.9. The molecule has 1 atom stereocenters. The number of nitrogens with zero attached hydrogens (tertiary/aromatic N) is 4. The zero-order valence-corrected chi connectivity index (χ0v) is 17.7. The van der Waals surface area contributed by atoms with Crippen LogP contribution in [0.4, 0.5) is 5.69 Å². The number of amides is 2. The lowest BCUT2D eigenvalue weighted by Gasteiger charge is -2.20. The molecule has 4 rings (SSSR count). The standard InChI is InChI=1S/C24H22N6O2/c1-16-7-6-8-17(2)21(16)26-24(32)22(18-9-4-3-5-10-18)27-23(31)19-11-13-20(14-12-19)30-15-25-28-29-30/h3-15,22H,1-2H3,(H,26,32)(H,27,31)/t22-/m1/s1. The summed E-state index contributed by atoms with van der Waals surface area (Å²) in [4.78, 5) is 26.2. The molecule has 3 aromatic carbocycles. The number of rotatable bonds is 6. The van der Waals surface area contributed by atoms with Crippen LogP contribution >= 0.6 is 0 Å². The van der Waals surface area contributed by atoms with Crippen LogP contribution in [0.25, 0.3) is 5.69 Å². The molecule has 0 saturated heterocycles. The summed E-state index contributed by atoms with van der Waals surface area (Å²) in [6.45, 7) is 3.87. The molecule has 2 N–H and O–H groups in total. The molecule has 0 aliphatic carbocycles. The van der Waals surface area contributed by atoms with E-state index < -0.39 is 6.04 Å². The smallest absolute Gasteiger partial charge is 0.252 e. The molecular formula is C24H22N6O2. The van der Waals surface area contributed by atoms with Gasteiger partial charge in [0.05, 0.1) is 5.69 Å². The highest BCUT2D eigenvalue weighted by Crippen LogP contribution is 2.22. The molecule has 0 aliphatic rings. The van der Waals surface area contributed by atoms with Gasteiger partial charge in [-0.1, -0.05) is 48.5 Å². The van der Waals surface area contributed by atoms with Gasteiger partial charge in [0.1, 0.15) is 12.4 Å². The second kappa shape index (κ2) is 9.22. The number of carbonyl (C=O) groups is 2. The summed E-state index contributed by atoms with van der Waals surface area (Å²) in [5, 5.41) is 16.9. The Morgan fingerprint density at radius 1 is 0.875 bits per heavy atom. The van der Waals surface area contributed by atoms with Gasteiger partial charge < -0.3 is 10.6 Å². The Kier molecular flexibility index (Phi) is 6.03. The van der Waals surface area contributed by atoms with E-state index in [1.165, 1.54) is 11.0 Å². The molecule has 32 heavy (non-hydrogen) atoms. The molecule has 0 fully saturated rings. The van der Waals surface area contributed by atoms with Crippen molar-refractivity contribution in [2.24, 2.45) is 0 Å². The number of aryl methyl sites for hydroxylation is 2. The molecule has 0 unspecified atom stereocenters. The first-order valence-electron chi connectivity index (χ1n) is 10.1. The number of benzene rings is 3. The molecule has 0 spiro atoms. The van der Waals surface area contributed by atoms with Crippen LogP contribution in [0, 0.1) is 13.8 Å². The van der Waals surface area contributed by atoms with E-state index in [1.807, 2.05) is 62.4 Å². The van der Waals surface area contributed by atoms with Crippen molar-refractivity contribution in [3.05, 3.63) is 101 Å². The minimum absolute atomic E-state index is 0.313. The zero-order chi connectivity index (χ0) is 22.5. The van der Waals surface area contributed by atoms with Crippen molar-refractivity contribution in [1.82, 2.24) is 25.5 Å². The molecule has 4 aromatic rings. The summed E-state index contributed by atoms with van der Waals surface area (Å²) in [7, 11) is 0. The van der Waals surface area contributed by atoms with Gasteiger partial charge in [0.15, 0.2) is 0 Å². The van der Waals surface area contributed by atoms with E-state index in [0.717, 1.165) is 22.5 Å². The Hall–Kier alpha value is -4.33. The highest BCUT2D eigenvalue weighted by atomic mass is 16.2. The number of hydrogen-bond donors (Lipinski definition) is 2. The average molecular weight is 426 g/mol. The number of para-hydroxylation sites is 1. The van der Waals surface area contributed by atoms with Crippen LogP contribution in [0.5, 0.6) is 0 Å². The average Bonchev–Trinajstić information content (AvgIpc) is 3.35. The predicted molar refractivity (Wildman–Crippen MR) is 120 cm³/mol. The lowest BCUT2D eigenvalue weighted by molar-refractivity contribution is -0.118. The number of carbonyl (C=O) groups excluding carboxylic acids is 2. The van der Waals surface area contributed by atoms with Crippen molar-refractivity contribution in [3.8, 4) is 5.69 Å². The second-order valence-electron chi connectivity index (χ2n) is 7.37. The Balaban J connectivity index is 1.57. The lowest BCUT2D eigenvalue weighted by atomic mass is 10.0. The van der Waals surface area contributed by atoms with E-state index in [1.54, 1.807) is 24.3 Å². The van der Waals surface area contributed by atoms with Crippen molar-refractivity contribution in [2.45, 2.75) is 19.9 Å². The molecule has 0 bridgehead atoms. The van der Waals surface area contributed by atoms with Crippen LogP contribution in [0.3, 0.4) is 0 Å². The van der Waals surface area contributed by atoms with Gasteiger partial charge in [-0.05, 0) is 65.2 Å². The molecule has 0 radical (unpaired) electrons. The fourth-order valence-electron chi connectivity index (χ4n) is 3.41. The third kappa shape index (κ3) is 4.54. The topological polar surface area (TPSA) is 102 Å². The molecule has 8 heteroatoms. The predicted octanol–water partition coefficient (Wildman–Crippen LogP) is 3.39. The minimum Gasteiger partial charge on any atom is -0.336 e. The Morgan fingerprint density at radius 3 is 2.19 bits per heavy atom. The molecule has 2 amide bonds. The van der Waals surface area contributed by atoms with Crippen LogP contribution < -0.4 is 10.6 Å². The van der Waals surface area contributed by atoms with E-state index >= 15 is 0 Å². The van der Waals surface area contributed by atoms with Gasteiger partial charge in [0.25, 0.3) is 11.8 Å². The van der Waals surface area contributed by atoms with Crippen molar-refractivity contribution in [3.63, 3.8) is 0 Å². The number of anilines is 1. The van der Waals surface area contributed by atoms with E-state index in [-0.39, 0.29) is 11.8 Å². The Labute approximate surface area is 185 Å². The summed E-state index contributed by atoms with van der Waals surface area (Å²) >= 11 is 0. The molecule has 1 aromatic heterocycles. The van der Waals surface area contributed by atoms with Crippen molar-refractivity contribution in [1.29, 1.82) is 0 Å². The summed E-state index contributed by atoms with van der Waals surface area (Å²) in [5.41, 5.74) is 4.49. The lowest BCUT2D eigenvalue weighted by Crippen LogP contribution is -2.37. The highest BCUT2D eigenvalue weighted by Gasteiger charge is 2.24. The largest absolute Gasteiger partial charge is 0.336 e. The Bertz CT molecular complexity index is 1200. The molecule has 0 saturated carbocycles. The third-order valence-corrected chi connectivity index (χ3v) is 5.14. The van der Waals surface area contributed by atoms with Crippen LogP contribution in [0.15, 0.2) is 79.1 Å². The van der Waals surface area contributed by atoms with Gasteiger partial charge in [-0.15, -0.1) is 5.10 Å². The molecule has 0 aliphatic heterocycles. The van der Waals surface area contributed by atoms with E-state index in [0.29, 0.717) is 11.1 Å². The van der Waals surface area contributed by atoms with Gasteiger partial charge in [0, 0.05) is 11.3 Å². The van der Waals surface area contributed by atoms with Crippen LogP contribution in [0.2, 0.25) is 0 Å². The van der Waals surface area contributed by atoms with Crippen LogP contribution in [-0.2, 0) is 4.79 Å². The van der Waals surface area contributed by atoms with Crippen LogP contribution in [0.1, 0.15) is 33.1 Å². The first-order chi connectivity index (χ1) is 15.5. The summed E-state index contributed by atoms with van der Waals surface area (Å²) in [6.07, 6.45) is 1.47. The van der Waals surface area contributed by atoms with Crippen molar-refractivity contribution < 1.29 is 9.59 Å². The maximum Gasteiger partial charge on any atom is 0.252 e. The van der Waals surface area contributed by atoms with E-state index in [4.69, 9.17) is 0 Å². The number of aromatic nitrogens is 4. The van der Waals surface area contributed by atoms with Gasteiger partial charge in [-0.25, -0.2) is 4.68 Å². The monoisotopic (exact) mass is 426 g/mol. The van der Waals surface area contributed by atoms with E-state index in [2.05, 4.69) is 26.2 Å². The van der Waals surface area contributed by atoms with E-state index in [9.17, 15) is 9.59 Å². The van der Waals surface area contributed by atoms with Crippen LogP contribution in [-0.4, -0.2) is 32.0 Å². The fourth-order valence-corrected chi connectivity index (χ4v) is 3.41. The second-order valence-corrected chi connectivity index (χ2v) is 7.37. The molecule has 160 valence electrons. The third-order valence-electron chi connectivity index (χ3n) is 5.14. The minimum atomic E-state index is -0.859. The normalized spacial score (nSPS) is 11.6. The fraction of sp³-hybridized carbons (Fsp3) is 0.125. The van der Waals surface area contributed by atoms with Crippen molar-refractivity contribution in [2.75, 3.05) is 5.32 Å². The quantitative estimate of drug-likeness (QED) is 0.492. The molecule has 8 nitrogen and oxygen atoms in total. The first-order valence-corrected chi connectivity index (χ1v) is 10.1. The molecular weight excluding hydrogens is 404 g/mol. The summed E-state index contributed by atoms with van der Waals surface area (Å²) in [5.74, 6) is -0.675. The Morgan fingerprint density at radius 2 is 1.56 bits per heavy atom.